The lowest BCUT2D eigenvalue weighted by Crippen LogP contribution is -2.33. The summed E-state index contributed by atoms with van der Waals surface area (Å²) in [5, 5.41) is 21.7. The van der Waals surface area contributed by atoms with Gasteiger partial charge >= 0.3 is 15.2 Å². The van der Waals surface area contributed by atoms with Gasteiger partial charge in [-0.15, -0.1) is 0 Å². The summed E-state index contributed by atoms with van der Waals surface area (Å²) < 4.78 is 33.2. The Morgan fingerprint density at radius 3 is 2.48 bits per heavy atom. The molecule has 2 fully saturated rings. The number of hydrogen-bond donors (Lipinski definition) is 5. The van der Waals surface area contributed by atoms with E-state index in [1.807, 2.05) is 0 Å². The molecule has 0 radical (unpaired) electrons. The van der Waals surface area contributed by atoms with E-state index in [0.29, 0.717) is 11.1 Å². The Kier molecular flexibility index (Phi) is 7.15. The van der Waals surface area contributed by atoms with Crippen LogP contribution in [-0.2, 0) is 18.4 Å². The minimum absolute atomic E-state index is 0.0736. The SMILES string of the molecule is O=P(O)(O)CP(=O)(O)OC[C@H]1O[C@@H](c2ccc3c(N4CCCC4)nc(Cl)nc3c2)[C@H](O)[C@@H]1O. The van der Waals surface area contributed by atoms with Crippen molar-refractivity contribution in [3.8, 4) is 0 Å². The van der Waals surface area contributed by atoms with E-state index in [4.69, 9.17) is 30.6 Å². The molecule has 5 atom stereocenters. The fraction of sp³-hybridized carbons (Fsp3) is 0.556. The topological polar surface area (TPSA) is 183 Å². The van der Waals surface area contributed by atoms with Crippen LogP contribution in [0.4, 0.5) is 5.82 Å². The lowest BCUT2D eigenvalue weighted by Gasteiger charge is -2.20. The molecule has 0 bridgehead atoms. The van der Waals surface area contributed by atoms with Gasteiger partial charge in [-0.1, -0.05) is 6.07 Å². The van der Waals surface area contributed by atoms with Gasteiger partial charge in [0.2, 0.25) is 5.28 Å². The lowest BCUT2D eigenvalue weighted by atomic mass is 10.0. The Bertz CT molecular complexity index is 1130. The zero-order chi connectivity index (χ0) is 24.0. The molecular formula is C18H24ClN3O9P2. The highest BCUT2D eigenvalue weighted by Crippen LogP contribution is 2.55. The van der Waals surface area contributed by atoms with Crippen LogP contribution in [0.3, 0.4) is 0 Å². The predicted octanol–water partition coefficient (Wildman–Crippen LogP) is 1.38. The molecule has 0 aliphatic carbocycles. The fourth-order valence-electron chi connectivity index (χ4n) is 4.07. The monoisotopic (exact) mass is 523 g/mol. The number of ether oxygens (including phenoxy) is 1. The van der Waals surface area contributed by atoms with Crippen molar-refractivity contribution in [2.45, 2.75) is 37.3 Å². The van der Waals surface area contributed by atoms with E-state index in [9.17, 15) is 24.2 Å². The van der Waals surface area contributed by atoms with Gasteiger partial charge in [0.25, 0.3) is 0 Å². The summed E-state index contributed by atoms with van der Waals surface area (Å²) in [4.78, 5) is 38.1. The van der Waals surface area contributed by atoms with Gasteiger partial charge in [0.15, 0.2) is 5.90 Å². The van der Waals surface area contributed by atoms with Crippen molar-refractivity contribution in [3.63, 3.8) is 0 Å². The summed E-state index contributed by atoms with van der Waals surface area (Å²) in [7, 11) is -9.42. The maximum atomic E-state index is 11.9. The molecule has 0 saturated carbocycles. The van der Waals surface area contributed by atoms with Gasteiger partial charge in [-0.2, -0.15) is 4.98 Å². The van der Waals surface area contributed by atoms with Crippen LogP contribution >= 0.6 is 26.8 Å². The lowest BCUT2D eigenvalue weighted by molar-refractivity contribution is -0.0186. The average Bonchev–Trinajstić information content (AvgIpc) is 3.33. The van der Waals surface area contributed by atoms with Crippen molar-refractivity contribution < 1.29 is 43.3 Å². The van der Waals surface area contributed by atoms with Crippen LogP contribution in [0, 0.1) is 0 Å². The van der Waals surface area contributed by atoms with Crippen LogP contribution in [0.5, 0.6) is 0 Å². The van der Waals surface area contributed by atoms with Crippen LogP contribution in [0.1, 0.15) is 24.5 Å². The third kappa shape index (κ3) is 5.74. The molecule has 5 N–H and O–H groups in total. The molecule has 2 aromatic rings. The maximum Gasteiger partial charge on any atom is 0.340 e. The van der Waals surface area contributed by atoms with E-state index in [0.717, 1.165) is 37.1 Å². The number of aromatic nitrogens is 2. The van der Waals surface area contributed by atoms with Crippen molar-refractivity contribution in [2.75, 3.05) is 30.5 Å². The van der Waals surface area contributed by atoms with Crippen molar-refractivity contribution >= 4 is 43.5 Å². The zero-order valence-electron chi connectivity index (χ0n) is 17.3. The second-order valence-electron chi connectivity index (χ2n) is 8.10. The van der Waals surface area contributed by atoms with E-state index in [1.54, 1.807) is 18.2 Å². The van der Waals surface area contributed by atoms with Crippen LogP contribution in [0.25, 0.3) is 10.9 Å². The molecule has 0 amide bonds. The average molecular weight is 524 g/mol. The van der Waals surface area contributed by atoms with Gasteiger partial charge in [-0.3, -0.25) is 9.13 Å². The fourth-order valence-corrected chi connectivity index (χ4v) is 6.81. The van der Waals surface area contributed by atoms with Gasteiger partial charge in [-0.05, 0) is 42.1 Å². The largest absolute Gasteiger partial charge is 0.387 e. The molecule has 3 heterocycles. The maximum absolute atomic E-state index is 11.9. The van der Waals surface area contributed by atoms with Crippen molar-refractivity contribution in [2.24, 2.45) is 0 Å². The number of nitrogens with zero attached hydrogens (tertiary/aromatic N) is 3. The van der Waals surface area contributed by atoms with Crippen LogP contribution in [0.15, 0.2) is 18.2 Å². The summed E-state index contributed by atoms with van der Waals surface area (Å²) in [6.07, 6.45) is -2.94. The number of halogens is 1. The summed E-state index contributed by atoms with van der Waals surface area (Å²) >= 11 is 6.13. The summed E-state index contributed by atoms with van der Waals surface area (Å²) in [6, 6.07) is 5.15. The summed E-state index contributed by atoms with van der Waals surface area (Å²) in [6.45, 7) is 1.07. The van der Waals surface area contributed by atoms with Gasteiger partial charge in [-0.25, -0.2) is 4.98 Å². The zero-order valence-corrected chi connectivity index (χ0v) is 19.8. The number of fused-ring (bicyclic) bond motifs is 1. The second-order valence-corrected chi connectivity index (χ2v) is 12.4. The molecule has 33 heavy (non-hydrogen) atoms. The molecule has 2 aliphatic heterocycles. The third-order valence-electron chi connectivity index (χ3n) is 5.57. The van der Waals surface area contributed by atoms with Crippen molar-refractivity contribution in [1.82, 2.24) is 9.97 Å². The first-order chi connectivity index (χ1) is 15.4. The number of hydrogen-bond acceptors (Lipinski definition) is 9. The summed E-state index contributed by atoms with van der Waals surface area (Å²) in [5.74, 6) is -0.642. The smallest absolute Gasteiger partial charge is 0.340 e. The number of aliphatic hydroxyl groups excluding tert-OH is 2. The van der Waals surface area contributed by atoms with Gasteiger partial charge in [0.1, 0.15) is 30.2 Å². The van der Waals surface area contributed by atoms with Gasteiger partial charge < -0.3 is 39.1 Å². The minimum Gasteiger partial charge on any atom is -0.387 e. The molecule has 1 unspecified atom stereocenters. The van der Waals surface area contributed by atoms with Crippen molar-refractivity contribution in [3.05, 3.63) is 29.0 Å². The first kappa shape index (κ1) is 24.9. The van der Waals surface area contributed by atoms with E-state index in [1.165, 1.54) is 0 Å². The molecule has 1 aromatic carbocycles. The van der Waals surface area contributed by atoms with Crippen LogP contribution in [-0.4, -0.2) is 78.8 Å². The van der Waals surface area contributed by atoms with E-state index in [2.05, 4.69) is 14.9 Å². The Hall–Kier alpha value is -1.17. The number of anilines is 1. The van der Waals surface area contributed by atoms with Gasteiger partial charge in [0.05, 0.1) is 12.1 Å². The molecule has 12 nitrogen and oxygen atoms in total. The first-order valence-electron chi connectivity index (χ1n) is 10.2. The predicted molar refractivity (Wildman–Crippen MR) is 118 cm³/mol. The number of benzene rings is 1. The Morgan fingerprint density at radius 1 is 1.12 bits per heavy atom. The highest BCUT2D eigenvalue weighted by atomic mass is 35.5. The number of aliphatic hydroxyl groups is 2. The quantitative estimate of drug-likeness (QED) is 0.260. The molecule has 0 spiro atoms. The molecule has 2 aliphatic rings. The highest BCUT2D eigenvalue weighted by molar-refractivity contribution is 7.70. The van der Waals surface area contributed by atoms with E-state index in [-0.39, 0.29) is 5.28 Å². The van der Waals surface area contributed by atoms with E-state index >= 15 is 0 Å². The molecule has 2 saturated heterocycles. The second kappa shape index (κ2) is 9.47. The minimum atomic E-state index is -4.79. The Balaban J connectivity index is 1.53. The third-order valence-corrected chi connectivity index (χ3v) is 9.20. The Morgan fingerprint density at radius 2 is 1.82 bits per heavy atom. The van der Waals surface area contributed by atoms with Crippen LogP contribution < -0.4 is 4.90 Å². The normalized spacial score (nSPS) is 27.9. The molecular weight excluding hydrogens is 500 g/mol. The molecule has 1 aromatic heterocycles. The number of rotatable bonds is 7. The van der Waals surface area contributed by atoms with E-state index < -0.39 is 52.1 Å². The molecule has 15 heteroatoms. The standard InChI is InChI=1S/C18H24ClN3O9P2/c19-18-20-12-7-10(3-4-11(12)17(21-18)22-5-1-2-6-22)16-15(24)14(23)13(31-16)8-30-33(28,29)9-32(25,26)27/h3-4,7,13-16,23-24H,1-2,5-6,8-9H2,(H,28,29)(H2,25,26,27)/t13-,14-,15-,16+/m1/s1. The summed E-state index contributed by atoms with van der Waals surface area (Å²) in [5.41, 5.74) is 1.02. The van der Waals surface area contributed by atoms with Crippen LogP contribution in [0.2, 0.25) is 5.28 Å². The Labute approximate surface area is 193 Å². The molecule has 4 rings (SSSR count). The van der Waals surface area contributed by atoms with Gasteiger partial charge in [0, 0.05) is 18.5 Å². The van der Waals surface area contributed by atoms with Crippen molar-refractivity contribution in [1.29, 1.82) is 0 Å². The highest BCUT2D eigenvalue weighted by Gasteiger charge is 2.45. The molecule has 182 valence electrons. The first-order valence-corrected chi connectivity index (χ1v) is 14.1.